The molecule has 32 heavy (non-hydrogen) atoms. The Morgan fingerprint density at radius 2 is 2.03 bits per heavy atom. The Hall–Kier alpha value is -2.73. The van der Waals surface area contributed by atoms with E-state index in [0.717, 1.165) is 11.1 Å². The Balaban J connectivity index is 1.58. The van der Waals surface area contributed by atoms with Crippen LogP contribution in [0.4, 0.5) is 9.18 Å². The average molecular weight is 460 g/mol. The van der Waals surface area contributed by atoms with Crippen LogP contribution in [0.2, 0.25) is 5.02 Å². The van der Waals surface area contributed by atoms with E-state index in [1.54, 1.807) is 17.0 Å². The molecule has 0 aromatic heterocycles. The van der Waals surface area contributed by atoms with Gasteiger partial charge in [-0.15, -0.1) is 0 Å². The van der Waals surface area contributed by atoms with Gasteiger partial charge in [0, 0.05) is 28.7 Å². The van der Waals surface area contributed by atoms with E-state index in [1.165, 1.54) is 6.07 Å². The summed E-state index contributed by atoms with van der Waals surface area (Å²) in [7, 11) is 0. The Bertz CT molecular complexity index is 1060. The summed E-state index contributed by atoms with van der Waals surface area (Å²) >= 11 is 5.89. The summed E-state index contributed by atoms with van der Waals surface area (Å²) in [4.78, 5) is 14.3. The molecule has 0 saturated carbocycles. The van der Waals surface area contributed by atoms with Crippen molar-refractivity contribution in [3.63, 3.8) is 0 Å². The number of benzene rings is 2. The lowest BCUT2D eigenvalue weighted by atomic mass is 9.93. The summed E-state index contributed by atoms with van der Waals surface area (Å²) in [6.45, 7) is 8.20. The van der Waals surface area contributed by atoms with Crippen molar-refractivity contribution in [2.75, 3.05) is 13.2 Å². The van der Waals surface area contributed by atoms with Gasteiger partial charge in [0.1, 0.15) is 18.0 Å². The quantitative estimate of drug-likeness (QED) is 0.521. The number of rotatable bonds is 2. The fourth-order valence-corrected chi connectivity index (χ4v) is 4.12. The van der Waals surface area contributed by atoms with Gasteiger partial charge in [-0.3, -0.25) is 0 Å². The highest BCUT2D eigenvalue weighted by molar-refractivity contribution is 6.30. The molecule has 4 rings (SSSR count). The van der Waals surface area contributed by atoms with E-state index in [-0.39, 0.29) is 18.7 Å². The molecule has 0 N–H and O–H groups in total. The van der Waals surface area contributed by atoms with E-state index < -0.39 is 17.5 Å². The van der Waals surface area contributed by atoms with E-state index in [0.29, 0.717) is 35.1 Å². The molecule has 2 atom stereocenters. The van der Waals surface area contributed by atoms with Gasteiger partial charge in [-0.2, -0.15) is 0 Å². The van der Waals surface area contributed by atoms with Crippen molar-refractivity contribution < 1.29 is 23.4 Å². The molecular weight excluding hydrogens is 433 g/mol. The maximum Gasteiger partial charge on any atom is 0.410 e. The molecule has 1 amide bonds. The molecule has 2 heterocycles. The number of hydrogen-bond acceptors (Lipinski definition) is 4. The number of halogens is 2. The molecule has 7 heteroatoms. The number of fused-ring (bicyclic) bond motifs is 1. The third-order valence-corrected chi connectivity index (χ3v) is 5.73. The van der Waals surface area contributed by atoms with Gasteiger partial charge in [0.15, 0.2) is 17.6 Å². The van der Waals surface area contributed by atoms with Crippen molar-refractivity contribution in [1.29, 1.82) is 0 Å². The fourth-order valence-electron chi connectivity index (χ4n) is 3.96. The second-order valence-electron chi connectivity index (χ2n) is 9.13. The molecule has 0 spiro atoms. The molecule has 170 valence electrons. The highest BCUT2D eigenvalue weighted by atomic mass is 35.5. The first-order valence-electron chi connectivity index (χ1n) is 10.7. The fraction of sp³-hybridized carbons (Fsp3) is 0.400. The van der Waals surface area contributed by atoms with Gasteiger partial charge in [0.2, 0.25) is 0 Å². The number of amides is 1. The Kier molecular flexibility index (Phi) is 6.08. The van der Waals surface area contributed by atoms with E-state index in [4.69, 9.17) is 25.8 Å². The normalized spacial score (nSPS) is 20.6. The van der Waals surface area contributed by atoms with Gasteiger partial charge < -0.3 is 19.1 Å². The molecule has 0 bridgehead atoms. The molecule has 0 fully saturated rings. The van der Waals surface area contributed by atoms with Gasteiger partial charge in [0.25, 0.3) is 0 Å². The minimum atomic E-state index is -0.583. The SMILES string of the molecule is C[C@H]1CC(c2cccc3c2O[C@@H](c2ccc(Cl)cc2F)CO3)=CCN1C(=O)OC(C)(C)C. The summed E-state index contributed by atoms with van der Waals surface area (Å²) in [6, 6.07) is 10.2. The maximum absolute atomic E-state index is 14.5. The minimum Gasteiger partial charge on any atom is -0.485 e. The zero-order valence-electron chi connectivity index (χ0n) is 18.7. The van der Waals surface area contributed by atoms with Crippen LogP contribution < -0.4 is 9.47 Å². The second-order valence-corrected chi connectivity index (χ2v) is 9.57. The van der Waals surface area contributed by atoms with Crippen LogP contribution in [0.25, 0.3) is 5.57 Å². The maximum atomic E-state index is 14.5. The largest absolute Gasteiger partial charge is 0.485 e. The zero-order chi connectivity index (χ0) is 23.0. The van der Waals surface area contributed by atoms with Gasteiger partial charge in [-0.25, -0.2) is 9.18 Å². The molecular formula is C25H27ClFNO4. The molecule has 2 aromatic carbocycles. The summed E-state index contributed by atoms with van der Waals surface area (Å²) < 4.78 is 32.2. The van der Waals surface area contributed by atoms with Crippen LogP contribution in [-0.4, -0.2) is 35.8 Å². The zero-order valence-corrected chi connectivity index (χ0v) is 19.4. The molecule has 5 nitrogen and oxygen atoms in total. The standard InChI is InChI=1S/C25H27ClFNO4/c1-15-12-16(10-11-28(15)24(29)32-25(2,3)4)18-6-5-7-21-23(18)31-22(14-30-21)19-9-8-17(26)13-20(19)27/h5-10,13,15,22H,11-12,14H2,1-4H3/t15-,22+/m0/s1. The molecule has 0 aliphatic carbocycles. The number of carbonyl (C=O) groups is 1. The molecule has 2 aromatic rings. The average Bonchev–Trinajstić information content (AvgIpc) is 2.71. The third-order valence-electron chi connectivity index (χ3n) is 5.49. The van der Waals surface area contributed by atoms with E-state index in [1.807, 2.05) is 52.0 Å². The Labute approximate surface area is 192 Å². The van der Waals surface area contributed by atoms with Gasteiger partial charge >= 0.3 is 6.09 Å². The van der Waals surface area contributed by atoms with Crippen molar-refractivity contribution in [1.82, 2.24) is 4.90 Å². The lowest BCUT2D eigenvalue weighted by Gasteiger charge is -2.35. The van der Waals surface area contributed by atoms with E-state index >= 15 is 0 Å². The molecule has 0 unspecified atom stereocenters. The molecule has 2 aliphatic rings. The molecule has 2 aliphatic heterocycles. The minimum absolute atomic E-state index is 0.0466. The van der Waals surface area contributed by atoms with Crippen LogP contribution in [0.1, 0.15) is 51.3 Å². The Morgan fingerprint density at radius 3 is 2.72 bits per heavy atom. The van der Waals surface area contributed by atoms with Crippen molar-refractivity contribution in [3.05, 3.63) is 64.4 Å². The number of hydrogen-bond donors (Lipinski definition) is 0. The van der Waals surface area contributed by atoms with Crippen molar-refractivity contribution in [2.45, 2.75) is 51.9 Å². The van der Waals surface area contributed by atoms with Crippen molar-refractivity contribution >= 4 is 23.3 Å². The summed E-state index contributed by atoms with van der Waals surface area (Å²) in [5.74, 6) is 0.782. The predicted octanol–water partition coefficient (Wildman–Crippen LogP) is 6.40. The van der Waals surface area contributed by atoms with E-state index in [9.17, 15) is 9.18 Å². The third kappa shape index (κ3) is 4.70. The van der Waals surface area contributed by atoms with Crippen LogP contribution in [0.3, 0.4) is 0 Å². The summed E-state index contributed by atoms with van der Waals surface area (Å²) in [6.07, 6.45) is 1.74. The highest BCUT2D eigenvalue weighted by Crippen LogP contribution is 2.44. The van der Waals surface area contributed by atoms with Crippen LogP contribution in [0.15, 0.2) is 42.5 Å². The summed E-state index contributed by atoms with van der Waals surface area (Å²) in [5.41, 5.74) is 1.79. The van der Waals surface area contributed by atoms with Gasteiger partial charge in [0.05, 0.1) is 0 Å². The van der Waals surface area contributed by atoms with Crippen LogP contribution in [0.5, 0.6) is 11.5 Å². The van der Waals surface area contributed by atoms with Crippen LogP contribution in [-0.2, 0) is 4.74 Å². The second kappa shape index (κ2) is 8.66. The predicted molar refractivity (Wildman–Crippen MR) is 122 cm³/mol. The number of para-hydroxylation sites is 1. The van der Waals surface area contributed by atoms with Crippen molar-refractivity contribution in [2.24, 2.45) is 0 Å². The van der Waals surface area contributed by atoms with Gasteiger partial charge in [-0.1, -0.05) is 35.9 Å². The first kappa shape index (κ1) is 22.5. The number of ether oxygens (including phenoxy) is 3. The van der Waals surface area contributed by atoms with Gasteiger partial charge in [-0.05, 0) is 57.9 Å². The molecule has 0 radical (unpaired) electrons. The highest BCUT2D eigenvalue weighted by Gasteiger charge is 2.32. The topological polar surface area (TPSA) is 48.0 Å². The molecule has 0 saturated heterocycles. The number of nitrogens with zero attached hydrogens (tertiary/aromatic N) is 1. The monoisotopic (exact) mass is 459 g/mol. The smallest absolute Gasteiger partial charge is 0.410 e. The Morgan fingerprint density at radius 1 is 1.25 bits per heavy atom. The lowest BCUT2D eigenvalue weighted by Crippen LogP contribution is -2.44. The van der Waals surface area contributed by atoms with Crippen LogP contribution in [0, 0.1) is 5.82 Å². The number of carbonyl (C=O) groups excluding carboxylic acids is 1. The first-order valence-corrected chi connectivity index (χ1v) is 11.1. The van der Waals surface area contributed by atoms with Crippen LogP contribution >= 0.6 is 11.6 Å². The first-order chi connectivity index (χ1) is 15.1. The van der Waals surface area contributed by atoms with E-state index in [2.05, 4.69) is 0 Å². The van der Waals surface area contributed by atoms with Crippen molar-refractivity contribution in [3.8, 4) is 11.5 Å². The summed E-state index contributed by atoms with van der Waals surface area (Å²) in [5, 5.41) is 0.333. The lowest BCUT2D eigenvalue weighted by molar-refractivity contribution is 0.0198.